The average molecular weight is 213 g/mol. The van der Waals surface area contributed by atoms with E-state index in [0.717, 1.165) is 26.2 Å². The van der Waals surface area contributed by atoms with Crippen molar-refractivity contribution in [3.63, 3.8) is 0 Å². The largest absolute Gasteiger partial charge is 0.373 e. The molecule has 0 N–H and O–H groups in total. The lowest BCUT2D eigenvalue weighted by Gasteiger charge is -2.16. The van der Waals surface area contributed by atoms with Gasteiger partial charge in [-0.2, -0.15) is 0 Å². The van der Waals surface area contributed by atoms with Crippen molar-refractivity contribution in [2.24, 2.45) is 0 Å². The number of nitrogens with zero attached hydrogens (tertiary/aromatic N) is 1. The van der Waals surface area contributed by atoms with Crippen molar-refractivity contribution in [3.05, 3.63) is 48.2 Å². The second-order valence-corrected chi connectivity index (χ2v) is 4.23. The van der Waals surface area contributed by atoms with Crippen LogP contribution in [0.1, 0.15) is 11.3 Å². The van der Waals surface area contributed by atoms with E-state index in [-0.39, 0.29) is 0 Å². The first-order chi connectivity index (χ1) is 7.88. The number of aromatic nitrogens is 1. The van der Waals surface area contributed by atoms with Crippen molar-refractivity contribution < 1.29 is 4.74 Å². The molecule has 1 aromatic heterocycles. The normalized spacial score (nSPS) is 15.0. The highest BCUT2D eigenvalue weighted by Gasteiger charge is 2.12. The summed E-state index contributed by atoms with van der Waals surface area (Å²) in [6, 6.07) is 8.87. The van der Waals surface area contributed by atoms with Crippen molar-refractivity contribution >= 4 is 10.9 Å². The van der Waals surface area contributed by atoms with Crippen LogP contribution in [-0.4, -0.2) is 11.2 Å². The summed E-state index contributed by atoms with van der Waals surface area (Å²) in [4.78, 5) is 0. The molecule has 0 atom stereocenters. The van der Waals surface area contributed by atoms with Gasteiger partial charge in [-0.3, -0.25) is 0 Å². The number of allylic oxidation sites excluding steroid dienone is 1. The Bertz CT molecular complexity index is 539. The number of rotatable bonds is 2. The average Bonchev–Trinajstić information content (AvgIpc) is 2.68. The predicted molar refractivity (Wildman–Crippen MR) is 65.5 cm³/mol. The topological polar surface area (TPSA) is 14.2 Å². The summed E-state index contributed by atoms with van der Waals surface area (Å²) in [6.45, 7) is 6.32. The molecule has 16 heavy (non-hydrogen) atoms. The summed E-state index contributed by atoms with van der Waals surface area (Å²) in [6.07, 6.45) is 2.89. The van der Waals surface area contributed by atoms with Gasteiger partial charge >= 0.3 is 0 Å². The molecule has 2 heterocycles. The van der Waals surface area contributed by atoms with Crippen LogP contribution in [0.4, 0.5) is 0 Å². The third kappa shape index (κ3) is 1.46. The predicted octanol–water partition coefficient (Wildman–Crippen LogP) is 2.90. The molecule has 0 fully saturated rings. The molecule has 0 radical (unpaired) electrons. The van der Waals surface area contributed by atoms with E-state index < -0.39 is 0 Å². The van der Waals surface area contributed by atoms with Crippen LogP contribution >= 0.6 is 0 Å². The third-order valence-corrected chi connectivity index (χ3v) is 3.14. The molecule has 0 spiro atoms. The molecule has 0 amide bonds. The molecule has 0 bridgehead atoms. The number of fused-ring (bicyclic) bond motifs is 3. The smallest absolute Gasteiger partial charge is 0.0869 e. The number of benzene rings is 1. The van der Waals surface area contributed by atoms with E-state index in [2.05, 4.69) is 35.4 Å². The lowest BCUT2D eigenvalue weighted by Crippen LogP contribution is -2.15. The molecule has 1 aliphatic rings. The standard InChI is InChI=1S/C14H15NO/c1-2-3-11-4-5-12-9-13-10-16-7-6-15(13)14(12)8-11/h2,4-5,8-9H,1,3,6-7,10H2. The van der Waals surface area contributed by atoms with E-state index in [0.29, 0.717) is 0 Å². The molecule has 2 heteroatoms. The zero-order valence-corrected chi connectivity index (χ0v) is 9.28. The second-order valence-electron chi connectivity index (χ2n) is 4.23. The van der Waals surface area contributed by atoms with Gasteiger partial charge in [0.15, 0.2) is 0 Å². The lowest BCUT2D eigenvalue weighted by atomic mass is 10.1. The lowest BCUT2D eigenvalue weighted by molar-refractivity contribution is 0.0865. The maximum atomic E-state index is 5.47. The van der Waals surface area contributed by atoms with Gasteiger partial charge in [-0.1, -0.05) is 18.2 Å². The van der Waals surface area contributed by atoms with Crippen LogP contribution in [0.5, 0.6) is 0 Å². The van der Waals surface area contributed by atoms with Gasteiger partial charge in [0.05, 0.1) is 13.2 Å². The molecule has 1 aromatic carbocycles. The second kappa shape index (κ2) is 3.80. The summed E-state index contributed by atoms with van der Waals surface area (Å²) in [5.74, 6) is 0. The van der Waals surface area contributed by atoms with Gasteiger partial charge in [0.1, 0.15) is 0 Å². The molecule has 0 aliphatic carbocycles. The van der Waals surface area contributed by atoms with Gasteiger partial charge in [0, 0.05) is 17.8 Å². The van der Waals surface area contributed by atoms with Crippen LogP contribution in [0.3, 0.4) is 0 Å². The Morgan fingerprint density at radius 3 is 3.19 bits per heavy atom. The Balaban J connectivity index is 2.17. The van der Waals surface area contributed by atoms with Gasteiger partial charge in [0.2, 0.25) is 0 Å². The third-order valence-electron chi connectivity index (χ3n) is 3.14. The van der Waals surface area contributed by atoms with Crippen LogP contribution in [-0.2, 0) is 24.3 Å². The van der Waals surface area contributed by atoms with Crippen LogP contribution in [0.25, 0.3) is 10.9 Å². The van der Waals surface area contributed by atoms with Gasteiger partial charge in [-0.05, 0) is 29.5 Å². The Morgan fingerprint density at radius 2 is 2.31 bits per heavy atom. The van der Waals surface area contributed by atoms with Crippen LogP contribution in [0.2, 0.25) is 0 Å². The molecule has 3 rings (SSSR count). The molecular formula is C14H15NO. The fourth-order valence-electron chi connectivity index (χ4n) is 2.37. The highest BCUT2D eigenvalue weighted by Crippen LogP contribution is 2.24. The van der Waals surface area contributed by atoms with E-state index in [9.17, 15) is 0 Å². The first-order valence-electron chi connectivity index (χ1n) is 5.68. The fraction of sp³-hybridized carbons (Fsp3) is 0.286. The minimum absolute atomic E-state index is 0.742. The fourth-order valence-corrected chi connectivity index (χ4v) is 2.37. The van der Waals surface area contributed by atoms with E-state index in [1.807, 2.05) is 6.08 Å². The van der Waals surface area contributed by atoms with E-state index >= 15 is 0 Å². The SMILES string of the molecule is C=CCc1ccc2cc3n(c2c1)CCOC3. The van der Waals surface area contributed by atoms with Gasteiger partial charge in [0.25, 0.3) is 0 Å². The first-order valence-corrected chi connectivity index (χ1v) is 5.68. The van der Waals surface area contributed by atoms with E-state index in [4.69, 9.17) is 4.74 Å². The summed E-state index contributed by atoms with van der Waals surface area (Å²) in [7, 11) is 0. The van der Waals surface area contributed by atoms with Crippen LogP contribution < -0.4 is 0 Å². The van der Waals surface area contributed by atoms with Crippen LogP contribution in [0.15, 0.2) is 36.9 Å². The zero-order valence-electron chi connectivity index (χ0n) is 9.28. The van der Waals surface area contributed by atoms with Crippen molar-refractivity contribution in [2.45, 2.75) is 19.6 Å². The van der Waals surface area contributed by atoms with E-state index in [1.54, 1.807) is 0 Å². The summed E-state index contributed by atoms with van der Waals surface area (Å²) < 4.78 is 7.83. The van der Waals surface area contributed by atoms with Crippen molar-refractivity contribution in [2.75, 3.05) is 6.61 Å². The first kappa shape index (κ1) is 9.67. The Labute approximate surface area is 95.1 Å². The van der Waals surface area contributed by atoms with Crippen molar-refractivity contribution in [1.29, 1.82) is 0 Å². The Kier molecular flexibility index (Phi) is 2.29. The molecule has 82 valence electrons. The minimum atomic E-state index is 0.742. The van der Waals surface area contributed by atoms with Gasteiger partial charge in [-0.25, -0.2) is 0 Å². The number of ether oxygens (including phenoxy) is 1. The monoisotopic (exact) mass is 213 g/mol. The minimum Gasteiger partial charge on any atom is -0.373 e. The Hall–Kier alpha value is -1.54. The quantitative estimate of drug-likeness (QED) is 0.700. The summed E-state index contributed by atoms with van der Waals surface area (Å²) in [5.41, 5.74) is 3.95. The Morgan fingerprint density at radius 1 is 1.38 bits per heavy atom. The molecular weight excluding hydrogens is 198 g/mol. The molecule has 0 unspecified atom stereocenters. The van der Waals surface area contributed by atoms with Gasteiger partial charge < -0.3 is 9.30 Å². The maximum absolute atomic E-state index is 5.47. The van der Waals surface area contributed by atoms with Gasteiger partial charge in [-0.15, -0.1) is 6.58 Å². The van der Waals surface area contributed by atoms with Crippen molar-refractivity contribution in [1.82, 2.24) is 4.57 Å². The van der Waals surface area contributed by atoms with Crippen LogP contribution in [0, 0.1) is 0 Å². The molecule has 0 saturated heterocycles. The molecule has 2 nitrogen and oxygen atoms in total. The maximum Gasteiger partial charge on any atom is 0.0869 e. The van der Waals surface area contributed by atoms with E-state index in [1.165, 1.54) is 22.2 Å². The summed E-state index contributed by atoms with van der Waals surface area (Å²) in [5, 5.41) is 1.31. The highest BCUT2D eigenvalue weighted by atomic mass is 16.5. The highest BCUT2D eigenvalue weighted by molar-refractivity contribution is 5.82. The number of hydrogen-bond donors (Lipinski definition) is 0. The number of hydrogen-bond acceptors (Lipinski definition) is 1. The molecule has 0 saturated carbocycles. The zero-order chi connectivity index (χ0) is 11.0. The molecule has 1 aliphatic heterocycles. The van der Waals surface area contributed by atoms with Crippen molar-refractivity contribution in [3.8, 4) is 0 Å². The summed E-state index contributed by atoms with van der Waals surface area (Å²) >= 11 is 0. The molecule has 2 aromatic rings.